The Hall–Kier alpha value is -2.28. The molecule has 0 saturated carbocycles. The number of hydrogen-bond acceptors (Lipinski definition) is 5. The van der Waals surface area contributed by atoms with Crippen LogP contribution in [0.15, 0.2) is 24.3 Å². The van der Waals surface area contributed by atoms with Gasteiger partial charge in [0.25, 0.3) is 5.95 Å². The monoisotopic (exact) mass is 246 g/mol. The summed E-state index contributed by atoms with van der Waals surface area (Å²) in [7, 11) is 1.63. The quantitative estimate of drug-likeness (QED) is 0.781. The second-order valence-electron chi connectivity index (χ2n) is 3.85. The zero-order chi connectivity index (χ0) is 13.0. The molecule has 0 spiro atoms. The van der Waals surface area contributed by atoms with Crippen LogP contribution < -0.4 is 11.1 Å². The highest BCUT2D eigenvalue weighted by Gasteiger charge is 2.07. The number of aryl methyl sites for hydroxylation is 1. The molecule has 7 heteroatoms. The summed E-state index contributed by atoms with van der Waals surface area (Å²) in [6.45, 7) is 0.496. The molecule has 94 valence electrons. The fourth-order valence-electron chi connectivity index (χ4n) is 1.48. The minimum Gasteiger partial charge on any atom is -0.326 e. The van der Waals surface area contributed by atoms with E-state index in [1.54, 1.807) is 7.05 Å². The molecule has 1 amide bonds. The summed E-state index contributed by atoms with van der Waals surface area (Å²) in [6.07, 6.45) is 0.267. The molecule has 0 aliphatic rings. The second-order valence-corrected chi connectivity index (χ2v) is 3.85. The second kappa shape index (κ2) is 5.37. The average Bonchev–Trinajstić information content (AvgIpc) is 2.75. The largest absolute Gasteiger partial charge is 0.326 e. The number of benzene rings is 1. The summed E-state index contributed by atoms with van der Waals surface area (Å²) in [6, 6.07) is 7.57. The minimum absolute atomic E-state index is 0.177. The number of carbonyl (C=O) groups excluding carboxylic acids is 1. The summed E-state index contributed by atoms with van der Waals surface area (Å²) < 4.78 is 0. The Bertz CT molecular complexity index is 533. The summed E-state index contributed by atoms with van der Waals surface area (Å²) in [4.78, 5) is 13.0. The first-order valence-electron chi connectivity index (χ1n) is 5.49. The van der Waals surface area contributed by atoms with Gasteiger partial charge in [-0.15, -0.1) is 5.10 Å². The van der Waals surface area contributed by atoms with E-state index in [0.29, 0.717) is 6.54 Å². The normalized spacial score (nSPS) is 10.3. The van der Waals surface area contributed by atoms with Gasteiger partial charge < -0.3 is 5.73 Å². The van der Waals surface area contributed by atoms with Gasteiger partial charge in [0.05, 0.1) is 13.5 Å². The molecule has 0 bridgehead atoms. The molecule has 7 nitrogen and oxygen atoms in total. The third-order valence-corrected chi connectivity index (χ3v) is 2.38. The van der Waals surface area contributed by atoms with Crippen molar-refractivity contribution in [3.05, 3.63) is 35.4 Å². The van der Waals surface area contributed by atoms with Crippen molar-refractivity contribution in [1.29, 1.82) is 0 Å². The van der Waals surface area contributed by atoms with E-state index in [-0.39, 0.29) is 18.3 Å². The van der Waals surface area contributed by atoms with Crippen LogP contribution in [0.1, 0.15) is 11.1 Å². The van der Waals surface area contributed by atoms with E-state index in [1.165, 1.54) is 4.80 Å². The maximum atomic E-state index is 11.7. The van der Waals surface area contributed by atoms with Gasteiger partial charge in [0.1, 0.15) is 0 Å². The van der Waals surface area contributed by atoms with E-state index in [9.17, 15) is 4.79 Å². The maximum Gasteiger partial charge on any atom is 0.270 e. The molecule has 3 N–H and O–H groups in total. The van der Waals surface area contributed by atoms with Crippen LogP contribution in [-0.4, -0.2) is 26.1 Å². The lowest BCUT2D eigenvalue weighted by Gasteiger charge is -2.02. The van der Waals surface area contributed by atoms with Crippen molar-refractivity contribution >= 4 is 11.9 Å². The van der Waals surface area contributed by atoms with Gasteiger partial charge in [0, 0.05) is 6.54 Å². The number of carbonyl (C=O) groups is 1. The zero-order valence-electron chi connectivity index (χ0n) is 10.00. The van der Waals surface area contributed by atoms with Crippen molar-refractivity contribution in [2.75, 3.05) is 5.32 Å². The number of rotatable bonds is 4. The molecule has 0 unspecified atom stereocenters. The summed E-state index contributed by atoms with van der Waals surface area (Å²) in [5.74, 6) is 0.0320. The first-order valence-corrected chi connectivity index (χ1v) is 5.49. The number of tetrazole rings is 1. The Morgan fingerprint density at radius 1 is 1.33 bits per heavy atom. The molecule has 0 atom stereocenters. The van der Waals surface area contributed by atoms with Crippen molar-refractivity contribution < 1.29 is 4.79 Å². The first-order chi connectivity index (χ1) is 8.67. The predicted octanol–water partition coefficient (Wildman–Crippen LogP) is -0.150. The standard InChI is InChI=1S/C11H14N6O/c1-17-15-11(14-16-17)13-10(18)6-8-2-4-9(7-12)5-3-8/h2-5H,6-7,12H2,1H3,(H,13,15,18). The van der Waals surface area contributed by atoms with E-state index >= 15 is 0 Å². The van der Waals surface area contributed by atoms with Crippen molar-refractivity contribution in [2.24, 2.45) is 12.8 Å². The van der Waals surface area contributed by atoms with E-state index in [0.717, 1.165) is 11.1 Å². The Morgan fingerprint density at radius 3 is 2.56 bits per heavy atom. The molecule has 1 heterocycles. The number of aromatic nitrogens is 4. The van der Waals surface area contributed by atoms with Crippen molar-refractivity contribution in [1.82, 2.24) is 20.2 Å². The number of nitrogens with two attached hydrogens (primary N) is 1. The number of amides is 1. The molecular formula is C11H14N6O. The molecule has 1 aromatic carbocycles. The van der Waals surface area contributed by atoms with Crippen molar-refractivity contribution in [2.45, 2.75) is 13.0 Å². The Labute approximate surface area is 104 Å². The van der Waals surface area contributed by atoms with Gasteiger partial charge >= 0.3 is 0 Å². The predicted molar refractivity (Wildman–Crippen MR) is 65.5 cm³/mol. The molecule has 0 fully saturated rings. The summed E-state index contributed by atoms with van der Waals surface area (Å²) in [5.41, 5.74) is 7.45. The Balaban J connectivity index is 1.94. The number of nitrogens with zero attached hydrogens (tertiary/aromatic N) is 4. The van der Waals surface area contributed by atoms with Crippen LogP contribution >= 0.6 is 0 Å². The van der Waals surface area contributed by atoms with Gasteiger partial charge in [0.2, 0.25) is 5.91 Å². The summed E-state index contributed by atoms with van der Waals surface area (Å²) in [5, 5.41) is 13.7. The molecule has 0 aliphatic heterocycles. The molecule has 18 heavy (non-hydrogen) atoms. The third kappa shape index (κ3) is 3.11. The van der Waals surface area contributed by atoms with Crippen LogP contribution in [0.5, 0.6) is 0 Å². The molecule has 0 aliphatic carbocycles. The van der Waals surface area contributed by atoms with Crippen LogP contribution in [0, 0.1) is 0 Å². The SMILES string of the molecule is Cn1nnc(NC(=O)Cc2ccc(CN)cc2)n1. The van der Waals surface area contributed by atoms with Gasteiger partial charge in [0.15, 0.2) is 0 Å². The van der Waals surface area contributed by atoms with Gasteiger partial charge in [-0.1, -0.05) is 29.4 Å². The molecule has 1 aromatic heterocycles. The lowest BCUT2D eigenvalue weighted by Crippen LogP contribution is -2.15. The highest BCUT2D eigenvalue weighted by Crippen LogP contribution is 2.05. The van der Waals surface area contributed by atoms with E-state index in [4.69, 9.17) is 5.73 Å². The molecule has 0 saturated heterocycles. The highest BCUT2D eigenvalue weighted by molar-refractivity contribution is 5.90. The van der Waals surface area contributed by atoms with Crippen molar-refractivity contribution in [3.8, 4) is 0 Å². The van der Waals surface area contributed by atoms with Crippen LogP contribution in [-0.2, 0) is 24.8 Å². The van der Waals surface area contributed by atoms with E-state index < -0.39 is 0 Å². The first kappa shape index (κ1) is 12.2. The minimum atomic E-state index is -0.177. The topological polar surface area (TPSA) is 98.7 Å². The highest BCUT2D eigenvalue weighted by atomic mass is 16.1. The van der Waals surface area contributed by atoms with E-state index in [2.05, 4.69) is 20.7 Å². The molecular weight excluding hydrogens is 232 g/mol. The van der Waals surface area contributed by atoms with Crippen LogP contribution in [0.3, 0.4) is 0 Å². The summed E-state index contributed by atoms with van der Waals surface area (Å²) >= 11 is 0. The van der Waals surface area contributed by atoms with Gasteiger partial charge in [-0.3, -0.25) is 10.1 Å². The van der Waals surface area contributed by atoms with Gasteiger partial charge in [-0.25, -0.2) is 0 Å². The smallest absolute Gasteiger partial charge is 0.270 e. The van der Waals surface area contributed by atoms with Gasteiger partial charge in [-0.05, 0) is 16.3 Å². The van der Waals surface area contributed by atoms with Crippen LogP contribution in [0.4, 0.5) is 5.95 Å². The number of nitrogens with one attached hydrogen (secondary N) is 1. The maximum absolute atomic E-state index is 11.7. The Kier molecular flexibility index (Phi) is 3.63. The van der Waals surface area contributed by atoms with Crippen molar-refractivity contribution in [3.63, 3.8) is 0 Å². The lowest BCUT2D eigenvalue weighted by atomic mass is 10.1. The molecule has 0 radical (unpaired) electrons. The third-order valence-electron chi connectivity index (χ3n) is 2.38. The lowest BCUT2D eigenvalue weighted by molar-refractivity contribution is -0.115. The van der Waals surface area contributed by atoms with E-state index in [1.807, 2.05) is 24.3 Å². The fourth-order valence-corrected chi connectivity index (χ4v) is 1.48. The average molecular weight is 246 g/mol. The zero-order valence-corrected chi connectivity index (χ0v) is 10.00. The molecule has 2 aromatic rings. The fraction of sp³-hybridized carbons (Fsp3) is 0.273. The Morgan fingerprint density at radius 2 is 2.00 bits per heavy atom. The van der Waals surface area contributed by atoms with Crippen LogP contribution in [0.2, 0.25) is 0 Å². The van der Waals surface area contributed by atoms with Crippen LogP contribution in [0.25, 0.3) is 0 Å². The number of hydrogen-bond donors (Lipinski definition) is 2. The molecule has 2 rings (SSSR count). The van der Waals surface area contributed by atoms with Gasteiger partial charge in [-0.2, -0.15) is 4.80 Å². The number of anilines is 1.